The van der Waals surface area contributed by atoms with Crippen molar-refractivity contribution in [2.45, 2.75) is 13.8 Å². The van der Waals surface area contributed by atoms with Crippen molar-refractivity contribution in [1.29, 1.82) is 0 Å². The largest absolute Gasteiger partial charge is 0.478 e. The molecule has 0 heterocycles. The summed E-state index contributed by atoms with van der Waals surface area (Å²) in [6, 6.07) is 23.5. The first-order valence-electron chi connectivity index (χ1n) is 9.48. The smallest absolute Gasteiger partial charge is 0.331 e. The number of benzene rings is 3. The molecule has 0 amide bonds. The zero-order chi connectivity index (χ0) is 21.7. The third-order valence-electron chi connectivity index (χ3n) is 4.79. The molecule has 0 fully saturated rings. The fourth-order valence-electron chi connectivity index (χ4n) is 3.14. The second-order valence-electron chi connectivity index (χ2n) is 7.06. The van der Waals surface area contributed by atoms with E-state index in [2.05, 4.69) is 0 Å². The highest BCUT2D eigenvalue weighted by Crippen LogP contribution is 2.34. The van der Waals surface area contributed by atoms with Crippen LogP contribution < -0.4 is 0 Å². The lowest BCUT2D eigenvalue weighted by atomic mass is 9.92. The maximum Gasteiger partial charge on any atom is 0.331 e. The molecule has 0 saturated carbocycles. The van der Waals surface area contributed by atoms with E-state index in [9.17, 15) is 14.7 Å². The van der Waals surface area contributed by atoms with Crippen LogP contribution in [0.4, 0.5) is 0 Å². The molecule has 0 spiro atoms. The van der Waals surface area contributed by atoms with Crippen molar-refractivity contribution >= 4 is 24.1 Å². The molecule has 0 unspecified atom stereocenters. The number of carboxylic acid groups (broad SMARTS) is 2. The quantitative estimate of drug-likeness (QED) is 0.500. The summed E-state index contributed by atoms with van der Waals surface area (Å²) in [6.07, 6.45) is 3.27. The van der Waals surface area contributed by atoms with Gasteiger partial charge in [0.25, 0.3) is 0 Å². The van der Waals surface area contributed by atoms with Gasteiger partial charge in [-0.05, 0) is 65.4 Å². The number of aliphatic carboxylic acids is 2. The van der Waals surface area contributed by atoms with Gasteiger partial charge in [-0.15, -0.1) is 0 Å². The predicted molar refractivity (Wildman–Crippen MR) is 120 cm³/mol. The highest BCUT2D eigenvalue weighted by Gasteiger charge is 2.10. The Hall–Kier alpha value is -3.92. The molecule has 0 saturated heterocycles. The van der Waals surface area contributed by atoms with Gasteiger partial charge in [0.1, 0.15) is 0 Å². The van der Waals surface area contributed by atoms with Gasteiger partial charge in [-0.1, -0.05) is 66.7 Å². The summed E-state index contributed by atoms with van der Waals surface area (Å²) in [6.45, 7) is 3.13. The summed E-state index contributed by atoms with van der Waals surface area (Å²) in [5.74, 6) is -1.90. The summed E-state index contributed by atoms with van der Waals surface area (Å²) >= 11 is 0. The minimum atomic E-state index is -0.950. The van der Waals surface area contributed by atoms with Crippen LogP contribution in [0.25, 0.3) is 34.4 Å². The van der Waals surface area contributed by atoms with Gasteiger partial charge in [0.15, 0.2) is 0 Å². The van der Waals surface area contributed by atoms with Crippen LogP contribution in [0.15, 0.2) is 83.9 Å². The van der Waals surface area contributed by atoms with Crippen LogP contribution >= 0.6 is 0 Å². The lowest BCUT2D eigenvalue weighted by molar-refractivity contribution is -0.133. The van der Waals surface area contributed by atoms with Crippen molar-refractivity contribution in [3.8, 4) is 22.3 Å². The molecule has 3 rings (SSSR count). The molecule has 4 nitrogen and oxygen atoms in total. The standard InChI is InChI=1S/C26H22O4/c1-17(25(27)28)14-19-8-11-22(12-9-19)24-16-20(15-18(2)26(29)30)10-13-23(24)21-6-4-3-5-7-21/h3-16H,1-2H3,(H,27,28)(H,29,30). The molecule has 150 valence electrons. The van der Waals surface area contributed by atoms with Crippen LogP contribution in [0, 0.1) is 0 Å². The molecule has 0 aliphatic heterocycles. The van der Waals surface area contributed by atoms with E-state index in [1.54, 1.807) is 26.0 Å². The molecule has 3 aromatic rings. The molecule has 0 aromatic heterocycles. The SMILES string of the molecule is CC(=Cc1ccc(-c2cc(C=C(C)C(=O)O)ccc2-c2ccccc2)cc1)C(=O)O. The Morgan fingerprint density at radius 1 is 0.633 bits per heavy atom. The van der Waals surface area contributed by atoms with E-state index in [-0.39, 0.29) is 11.1 Å². The second-order valence-corrected chi connectivity index (χ2v) is 7.06. The third kappa shape index (κ3) is 4.92. The van der Waals surface area contributed by atoms with Gasteiger partial charge in [-0.25, -0.2) is 9.59 Å². The van der Waals surface area contributed by atoms with E-state index < -0.39 is 11.9 Å². The normalized spacial score (nSPS) is 11.9. The number of carboxylic acids is 2. The molecule has 0 aliphatic rings. The molecule has 0 atom stereocenters. The molecule has 30 heavy (non-hydrogen) atoms. The summed E-state index contributed by atoms with van der Waals surface area (Å²) in [7, 11) is 0. The predicted octanol–water partition coefficient (Wildman–Crippen LogP) is 6.00. The van der Waals surface area contributed by atoms with Crippen molar-refractivity contribution in [2.24, 2.45) is 0 Å². The summed E-state index contributed by atoms with van der Waals surface area (Å²) < 4.78 is 0. The minimum absolute atomic E-state index is 0.262. The molecule has 0 radical (unpaired) electrons. The van der Waals surface area contributed by atoms with Crippen LogP contribution in [-0.4, -0.2) is 22.2 Å². The van der Waals surface area contributed by atoms with Crippen molar-refractivity contribution in [3.05, 3.63) is 95.1 Å². The van der Waals surface area contributed by atoms with E-state index in [1.807, 2.05) is 72.8 Å². The highest BCUT2D eigenvalue weighted by molar-refractivity contribution is 5.93. The number of carbonyl (C=O) groups is 2. The van der Waals surface area contributed by atoms with E-state index >= 15 is 0 Å². The maximum absolute atomic E-state index is 11.2. The second kappa shape index (κ2) is 9.05. The lowest BCUT2D eigenvalue weighted by Crippen LogP contribution is -1.96. The summed E-state index contributed by atoms with van der Waals surface area (Å²) in [5, 5.41) is 18.3. The van der Waals surface area contributed by atoms with E-state index in [4.69, 9.17) is 5.11 Å². The van der Waals surface area contributed by atoms with E-state index in [0.717, 1.165) is 33.4 Å². The summed E-state index contributed by atoms with van der Waals surface area (Å²) in [5.41, 5.74) is 6.16. The Kier molecular flexibility index (Phi) is 6.28. The number of rotatable bonds is 6. The zero-order valence-corrected chi connectivity index (χ0v) is 16.8. The first-order valence-corrected chi connectivity index (χ1v) is 9.48. The molecule has 0 bridgehead atoms. The molecular formula is C26H22O4. The monoisotopic (exact) mass is 398 g/mol. The van der Waals surface area contributed by atoms with Gasteiger partial charge in [0, 0.05) is 11.1 Å². The lowest BCUT2D eigenvalue weighted by Gasteiger charge is -2.12. The van der Waals surface area contributed by atoms with Gasteiger partial charge >= 0.3 is 11.9 Å². The maximum atomic E-state index is 11.2. The Balaban J connectivity index is 2.10. The van der Waals surface area contributed by atoms with Crippen molar-refractivity contribution < 1.29 is 19.8 Å². The number of hydrogen-bond acceptors (Lipinski definition) is 2. The average molecular weight is 398 g/mol. The van der Waals surface area contributed by atoms with Crippen molar-refractivity contribution in [1.82, 2.24) is 0 Å². The molecular weight excluding hydrogens is 376 g/mol. The van der Waals surface area contributed by atoms with Gasteiger partial charge in [0.05, 0.1) is 0 Å². The van der Waals surface area contributed by atoms with Gasteiger partial charge in [-0.2, -0.15) is 0 Å². The van der Waals surface area contributed by atoms with Crippen LogP contribution in [0.2, 0.25) is 0 Å². The Morgan fingerprint density at radius 2 is 1.13 bits per heavy atom. The molecule has 3 aromatic carbocycles. The number of hydrogen-bond donors (Lipinski definition) is 2. The fourth-order valence-corrected chi connectivity index (χ4v) is 3.14. The van der Waals surface area contributed by atoms with Gasteiger partial charge in [-0.3, -0.25) is 0 Å². The average Bonchev–Trinajstić information content (AvgIpc) is 2.74. The fraction of sp³-hybridized carbons (Fsp3) is 0.0769. The van der Waals surface area contributed by atoms with Crippen LogP contribution in [0.5, 0.6) is 0 Å². The Morgan fingerprint density at radius 3 is 1.70 bits per heavy atom. The van der Waals surface area contributed by atoms with Crippen LogP contribution in [0.1, 0.15) is 25.0 Å². The molecule has 4 heteroatoms. The Bertz CT molecular complexity index is 1140. The first kappa shape index (κ1) is 20.8. The minimum Gasteiger partial charge on any atom is -0.478 e. The van der Waals surface area contributed by atoms with Crippen molar-refractivity contribution in [3.63, 3.8) is 0 Å². The van der Waals surface area contributed by atoms with Gasteiger partial charge < -0.3 is 10.2 Å². The first-order chi connectivity index (χ1) is 14.3. The van der Waals surface area contributed by atoms with Crippen LogP contribution in [-0.2, 0) is 9.59 Å². The van der Waals surface area contributed by atoms with Crippen LogP contribution in [0.3, 0.4) is 0 Å². The highest BCUT2D eigenvalue weighted by atomic mass is 16.4. The van der Waals surface area contributed by atoms with Crippen molar-refractivity contribution in [2.75, 3.05) is 0 Å². The topological polar surface area (TPSA) is 74.6 Å². The van der Waals surface area contributed by atoms with E-state index in [1.165, 1.54) is 0 Å². The summed E-state index contributed by atoms with van der Waals surface area (Å²) in [4.78, 5) is 22.3. The Labute approximate surface area is 175 Å². The molecule has 0 aliphatic carbocycles. The zero-order valence-electron chi connectivity index (χ0n) is 16.8. The van der Waals surface area contributed by atoms with E-state index in [0.29, 0.717) is 0 Å². The molecule has 2 N–H and O–H groups in total. The third-order valence-corrected chi connectivity index (χ3v) is 4.79. The van der Waals surface area contributed by atoms with Gasteiger partial charge in [0.2, 0.25) is 0 Å².